The predicted molar refractivity (Wildman–Crippen MR) is 53.0 cm³/mol. The fourth-order valence-electron chi connectivity index (χ4n) is 1.20. The van der Waals surface area contributed by atoms with Crippen LogP contribution in [0.3, 0.4) is 0 Å². The highest BCUT2D eigenvalue weighted by Gasteiger charge is 2.11. The first-order valence-corrected chi connectivity index (χ1v) is 4.23. The molecular formula is C10H17NO2. The van der Waals surface area contributed by atoms with Crippen molar-refractivity contribution in [2.45, 2.75) is 20.3 Å². The summed E-state index contributed by atoms with van der Waals surface area (Å²) in [5.41, 5.74) is 1.61. The molecule has 0 aromatic rings. The van der Waals surface area contributed by atoms with E-state index < -0.39 is 0 Å². The van der Waals surface area contributed by atoms with Crippen molar-refractivity contribution in [1.82, 2.24) is 4.90 Å². The van der Waals surface area contributed by atoms with E-state index in [4.69, 9.17) is 0 Å². The fraction of sp³-hybridized carbons (Fsp3) is 0.500. The van der Waals surface area contributed by atoms with Crippen molar-refractivity contribution in [2.24, 2.45) is 0 Å². The van der Waals surface area contributed by atoms with Crippen molar-refractivity contribution in [3.8, 4) is 0 Å². The molecule has 3 heteroatoms. The number of ether oxygens (including phenoxy) is 1. The molecule has 0 heterocycles. The molecule has 0 unspecified atom stereocenters. The quantitative estimate of drug-likeness (QED) is 0.379. The smallest absolute Gasteiger partial charge is 0.340 e. The van der Waals surface area contributed by atoms with Crippen molar-refractivity contribution in [1.29, 1.82) is 0 Å². The highest BCUT2D eigenvalue weighted by Crippen LogP contribution is 2.12. The summed E-state index contributed by atoms with van der Waals surface area (Å²) in [5.74, 6) is -0.333. The van der Waals surface area contributed by atoms with E-state index in [0.29, 0.717) is 5.57 Å². The van der Waals surface area contributed by atoms with E-state index in [0.717, 1.165) is 18.4 Å². The van der Waals surface area contributed by atoms with Crippen LogP contribution in [0.2, 0.25) is 0 Å². The maximum atomic E-state index is 11.3. The van der Waals surface area contributed by atoms with E-state index in [1.54, 1.807) is 6.92 Å². The van der Waals surface area contributed by atoms with Crippen molar-refractivity contribution in [3.05, 3.63) is 24.1 Å². The van der Waals surface area contributed by atoms with Crippen molar-refractivity contribution >= 4 is 5.97 Å². The SMILES string of the molecule is C=COC(=O)/C(C)=C(\CC)N(C)C. The molecule has 0 bridgehead atoms. The van der Waals surface area contributed by atoms with E-state index in [-0.39, 0.29) is 5.97 Å². The van der Waals surface area contributed by atoms with E-state index in [2.05, 4.69) is 11.3 Å². The van der Waals surface area contributed by atoms with Crippen LogP contribution >= 0.6 is 0 Å². The predicted octanol–water partition coefficient (Wildman–Crippen LogP) is 1.92. The molecular weight excluding hydrogens is 166 g/mol. The first kappa shape index (κ1) is 11.8. The maximum Gasteiger partial charge on any atom is 0.340 e. The lowest BCUT2D eigenvalue weighted by Gasteiger charge is -2.17. The zero-order chi connectivity index (χ0) is 10.4. The molecule has 0 N–H and O–H groups in total. The highest BCUT2D eigenvalue weighted by atomic mass is 16.5. The minimum absolute atomic E-state index is 0.333. The Hall–Kier alpha value is -1.25. The van der Waals surface area contributed by atoms with Gasteiger partial charge in [-0.3, -0.25) is 0 Å². The van der Waals surface area contributed by atoms with Gasteiger partial charge in [-0.2, -0.15) is 0 Å². The molecule has 0 aliphatic heterocycles. The van der Waals surface area contributed by atoms with E-state index in [1.165, 1.54) is 0 Å². The largest absolute Gasteiger partial charge is 0.432 e. The Labute approximate surface area is 79.7 Å². The summed E-state index contributed by atoms with van der Waals surface area (Å²) < 4.78 is 4.68. The van der Waals surface area contributed by atoms with Crippen molar-refractivity contribution < 1.29 is 9.53 Å². The van der Waals surface area contributed by atoms with E-state index in [1.807, 2.05) is 25.9 Å². The number of esters is 1. The highest BCUT2D eigenvalue weighted by molar-refractivity contribution is 5.88. The van der Waals surface area contributed by atoms with Crippen molar-refractivity contribution in [3.63, 3.8) is 0 Å². The average Bonchev–Trinajstić information content (AvgIpc) is 2.05. The third-order valence-corrected chi connectivity index (χ3v) is 1.80. The van der Waals surface area contributed by atoms with Gasteiger partial charge in [0.15, 0.2) is 0 Å². The number of hydrogen-bond acceptors (Lipinski definition) is 3. The molecule has 74 valence electrons. The normalized spacial score (nSPS) is 11.7. The summed E-state index contributed by atoms with van der Waals surface area (Å²) in [7, 11) is 3.81. The number of nitrogens with zero attached hydrogens (tertiary/aromatic N) is 1. The van der Waals surface area contributed by atoms with Gasteiger partial charge in [0.2, 0.25) is 0 Å². The van der Waals surface area contributed by atoms with E-state index in [9.17, 15) is 4.79 Å². The Morgan fingerprint density at radius 3 is 2.38 bits per heavy atom. The maximum absolute atomic E-state index is 11.3. The van der Waals surface area contributed by atoms with Gasteiger partial charge in [0.25, 0.3) is 0 Å². The molecule has 0 radical (unpaired) electrons. The Morgan fingerprint density at radius 2 is 2.08 bits per heavy atom. The number of rotatable bonds is 4. The summed E-state index contributed by atoms with van der Waals surface area (Å²) in [6, 6.07) is 0. The molecule has 0 aromatic heterocycles. The number of carbonyl (C=O) groups excluding carboxylic acids is 1. The molecule has 0 saturated heterocycles. The lowest BCUT2D eigenvalue weighted by atomic mass is 10.2. The molecule has 0 spiro atoms. The summed E-state index contributed by atoms with van der Waals surface area (Å²) in [5, 5.41) is 0. The molecule has 3 nitrogen and oxygen atoms in total. The Bertz CT molecular complexity index is 229. The second kappa shape index (κ2) is 5.41. The molecule has 0 aliphatic rings. The number of carbonyl (C=O) groups is 1. The Kier molecular flexibility index (Phi) is 4.89. The number of allylic oxidation sites excluding steroid dienone is 1. The lowest BCUT2D eigenvalue weighted by Crippen LogP contribution is -2.16. The third-order valence-electron chi connectivity index (χ3n) is 1.80. The van der Waals surface area contributed by atoms with Crippen molar-refractivity contribution in [2.75, 3.05) is 14.1 Å². The zero-order valence-electron chi connectivity index (χ0n) is 8.76. The molecule has 0 aliphatic carbocycles. The van der Waals surface area contributed by atoms with Gasteiger partial charge in [0.05, 0.1) is 11.8 Å². The topological polar surface area (TPSA) is 29.5 Å². The lowest BCUT2D eigenvalue weighted by molar-refractivity contribution is -0.133. The summed E-state index contributed by atoms with van der Waals surface area (Å²) >= 11 is 0. The van der Waals surface area contributed by atoms with Crippen LogP contribution in [-0.4, -0.2) is 25.0 Å². The summed E-state index contributed by atoms with van der Waals surface area (Å²) in [6.07, 6.45) is 1.96. The molecule has 0 saturated carbocycles. The molecule has 13 heavy (non-hydrogen) atoms. The van der Waals surface area contributed by atoms with E-state index >= 15 is 0 Å². The van der Waals surface area contributed by atoms with Crippen LogP contribution in [0.5, 0.6) is 0 Å². The number of hydrogen-bond donors (Lipinski definition) is 0. The Balaban J connectivity index is 4.73. The van der Waals surface area contributed by atoms with Gasteiger partial charge < -0.3 is 9.64 Å². The summed E-state index contributed by atoms with van der Waals surface area (Å²) in [4.78, 5) is 13.2. The minimum Gasteiger partial charge on any atom is -0.432 e. The minimum atomic E-state index is -0.333. The van der Waals surface area contributed by atoms with Crippen LogP contribution in [0.4, 0.5) is 0 Å². The van der Waals surface area contributed by atoms with Gasteiger partial charge >= 0.3 is 5.97 Å². The first-order chi connectivity index (χ1) is 6.04. The van der Waals surface area contributed by atoms with Crippen LogP contribution in [0.15, 0.2) is 24.1 Å². The molecule has 0 atom stereocenters. The standard InChI is InChI=1S/C10H17NO2/c1-6-9(11(4)5)8(3)10(12)13-7-2/h7H,2,6H2,1,3-5H3/b9-8+. The second-order valence-electron chi connectivity index (χ2n) is 2.89. The first-order valence-electron chi connectivity index (χ1n) is 4.23. The molecule has 0 rings (SSSR count). The summed E-state index contributed by atoms with van der Waals surface area (Å²) in [6.45, 7) is 7.09. The average molecular weight is 183 g/mol. The molecule has 0 aromatic carbocycles. The second-order valence-corrected chi connectivity index (χ2v) is 2.89. The third kappa shape index (κ3) is 3.32. The van der Waals surface area contributed by atoms with Gasteiger partial charge in [0.1, 0.15) is 0 Å². The Morgan fingerprint density at radius 1 is 1.54 bits per heavy atom. The van der Waals surface area contributed by atoms with Crippen LogP contribution < -0.4 is 0 Å². The zero-order valence-corrected chi connectivity index (χ0v) is 8.76. The van der Waals surface area contributed by atoms with Crippen LogP contribution in [0.25, 0.3) is 0 Å². The van der Waals surface area contributed by atoms with Gasteiger partial charge in [-0.15, -0.1) is 0 Å². The van der Waals surface area contributed by atoms with Crippen LogP contribution in [0.1, 0.15) is 20.3 Å². The van der Waals surface area contributed by atoms with Gasteiger partial charge in [-0.05, 0) is 13.3 Å². The van der Waals surface area contributed by atoms with Crippen LogP contribution in [-0.2, 0) is 9.53 Å². The fourth-order valence-corrected chi connectivity index (χ4v) is 1.20. The van der Waals surface area contributed by atoms with Gasteiger partial charge in [-0.1, -0.05) is 13.5 Å². The molecule has 0 fully saturated rings. The van der Waals surface area contributed by atoms with Crippen LogP contribution in [0, 0.1) is 0 Å². The monoisotopic (exact) mass is 183 g/mol. The van der Waals surface area contributed by atoms with Gasteiger partial charge in [-0.25, -0.2) is 4.79 Å². The molecule has 0 amide bonds. The van der Waals surface area contributed by atoms with Gasteiger partial charge in [0, 0.05) is 19.8 Å².